The van der Waals surface area contributed by atoms with Crippen molar-refractivity contribution in [3.05, 3.63) is 52.2 Å². The van der Waals surface area contributed by atoms with E-state index in [1.54, 1.807) is 6.07 Å². The number of thiophene rings is 1. The minimum atomic E-state index is -0.390. The van der Waals surface area contributed by atoms with Gasteiger partial charge in [-0.15, -0.1) is 24.0 Å². The zero-order valence-electron chi connectivity index (χ0n) is 10.3. The highest BCUT2D eigenvalue weighted by Gasteiger charge is 2.23. The van der Waals surface area contributed by atoms with Gasteiger partial charge in [-0.3, -0.25) is 4.79 Å². The third-order valence-electron chi connectivity index (χ3n) is 2.73. The zero-order valence-corrected chi connectivity index (χ0v) is 12.0. The largest absolute Gasteiger partial charge is 0.342 e. The van der Waals surface area contributed by atoms with Crippen LogP contribution < -0.4 is 5.32 Å². The van der Waals surface area contributed by atoms with E-state index in [0.717, 1.165) is 10.5 Å². The van der Waals surface area contributed by atoms with E-state index < -0.39 is 0 Å². The van der Waals surface area contributed by atoms with Gasteiger partial charge in [0.05, 0.1) is 10.4 Å². The molecule has 0 saturated carbocycles. The highest BCUT2D eigenvalue weighted by atomic mass is 32.1. The molecule has 0 saturated heterocycles. The van der Waals surface area contributed by atoms with E-state index in [9.17, 15) is 4.79 Å². The summed E-state index contributed by atoms with van der Waals surface area (Å²) in [6.07, 6.45) is 0. The molecule has 2 rings (SSSR count). The van der Waals surface area contributed by atoms with Gasteiger partial charge in [0.1, 0.15) is 0 Å². The summed E-state index contributed by atoms with van der Waals surface area (Å²) in [4.78, 5) is 13.6. The van der Waals surface area contributed by atoms with E-state index in [2.05, 4.69) is 17.9 Å². The molecule has 0 atom stereocenters. The van der Waals surface area contributed by atoms with Gasteiger partial charge in [0.15, 0.2) is 0 Å². The molecule has 0 aliphatic carbocycles. The van der Waals surface area contributed by atoms with Crippen molar-refractivity contribution in [2.45, 2.75) is 24.3 Å². The van der Waals surface area contributed by atoms with Crippen LogP contribution in [0.2, 0.25) is 0 Å². The summed E-state index contributed by atoms with van der Waals surface area (Å²) in [6.45, 7) is 3.99. The molecule has 1 N–H and O–H groups in total. The molecule has 0 radical (unpaired) electrons. The van der Waals surface area contributed by atoms with Crippen LogP contribution in [0.4, 0.5) is 0 Å². The Balaban J connectivity index is 2.16. The van der Waals surface area contributed by atoms with Crippen LogP contribution in [0.3, 0.4) is 0 Å². The molecular formula is C14H15NOS2. The molecular weight excluding hydrogens is 262 g/mol. The lowest BCUT2D eigenvalue weighted by molar-refractivity contribution is 0.0916. The smallest absolute Gasteiger partial charge is 0.262 e. The predicted molar refractivity (Wildman–Crippen MR) is 78.5 cm³/mol. The highest BCUT2D eigenvalue weighted by Crippen LogP contribution is 2.22. The van der Waals surface area contributed by atoms with Gasteiger partial charge in [0.25, 0.3) is 5.91 Å². The molecule has 4 heteroatoms. The Morgan fingerprint density at radius 3 is 2.50 bits per heavy atom. The van der Waals surface area contributed by atoms with Crippen molar-refractivity contribution >= 4 is 29.9 Å². The van der Waals surface area contributed by atoms with Gasteiger partial charge in [-0.25, -0.2) is 0 Å². The molecule has 1 heterocycles. The first-order chi connectivity index (χ1) is 8.49. The summed E-state index contributed by atoms with van der Waals surface area (Å²) in [5, 5.41) is 4.89. The molecule has 2 aromatic rings. The third-order valence-corrected chi connectivity index (χ3v) is 4.09. The second kappa shape index (κ2) is 5.16. The Kier molecular flexibility index (Phi) is 3.78. The molecule has 0 unspecified atom stereocenters. The van der Waals surface area contributed by atoms with Crippen LogP contribution in [0.1, 0.15) is 29.1 Å². The number of thiol groups is 1. The normalized spacial score (nSPS) is 11.3. The molecule has 0 fully saturated rings. The monoisotopic (exact) mass is 277 g/mol. The van der Waals surface area contributed by atoms with Gasteiger partial charge in [-0.1, -0.05) is 30.3 Å². The van der Waals surface area contributed by atoms with E-state index in [0.29, 0.717) is 4.88 Å². The highest BCUT2D eigenvalue weighted by molar-refractivity contribution is 7.80. The number of hydrogen-bond acceptors (Lipinski definition) is 3. The Labute approximate surface area is 116 Å². The summed E-state index contributed by atoms with van der Waals surface area (Å²) in [5.41, 5.74) is 0.694. The second-order valence-corrected chi connectivity index (χ2v) is 6.04. The van der Waals surface area contributed by atoms with Crippen LogP contribution in [-0.4, -0.2) is 5.91 Å². The average molecular weight is 277 g/mol. The van der Waals surface area contributed by atoms with Crippen molar-refractivity contribution < 1.29 is 4.79 Å². The second-order valence-electron chi connectivity index (χ2n) is 4.61. The van der Waals surface area contributed by atoms with Crippen molar-refractivity contribution in [1.82, 2.24) is 5.32 Å². The van der Waals surface area contributed by atoms with Gasteiger partial charge in [-0.2, -0.15) is 0 Å². The van der Waals surface area contributed by atoms with Gasteiger partial charge in [0, 0.05) is 10.3 Å². The summed E-state index contributed by atoms with van der Waals surface area (Å²) in [6, 6.07) is 11.7. The number of carbonyl (C=O) groups is 1. The third kappa shape index (κ3) is 2.94. The Bertz CT molecular complexity index is 546. The van der Waals surface area contributed by atoms with Crippen molar-refractivity contribution in [3.63, 3.8) is 0 Å². The number of amides is 1. The fourth-order valence-corrected chi connectivity index (χ4v) is 2.76. The van der Waals surface area contributed by atoms with Crippen LogP contribution in [0, 0.1) is 0 Å². The van der Waals surface area contributed by atoms with E-state index in [4.69, 9.17) is 0 Å². The predicted octanol–water partition coefficient (Wildman–Crippen LogP) is 3.70. The topological polar surface area (TPSA) is 29.1 Å². The molecule has 0 bridgehead atoms. The van der Waals surface area contributed by atoms with Crippen LogP contribution in [0.25, 0.3) is 0 Å². The van der Waals surface area contributed by atoms with E-state index in [1.165, 1.54) is 11.3 Å². The van der Waals surface area contributed by atoms with Crippen molar-refractivity contribution in [2.75, 3.05) is 0 Å². The lowest BCUT2D eigenvalue weighted by Crippen LogP contribution is -2.40. The first-order valence-electron chi connectivity index (χ1n) is 5.64. The quantitative estimate of drug-likeness (QED) is 0.823. The lowest BCUT2D eigenvalue weighted by atomic mass is 9.94. The van der Waals surface area contributed by atoms with E-state index in [1.807, 2.05) is 49.6 Å². The zero-order chi connectivity index (χ0) is 13.2. The standard InChI is InChI=1S/C14H15NOS2/c1-14(2,10-6-4-3-5-7-10)15-13(16)12-8-11(17)9-18-12/h3-9,17H,1-2H3,(H,15,16). The average Bonchev–Trinajstić information content (AvgIpc) is 2.77. The lowest BCUT2D eigenvalue weighted by Gasteiger charge is -2.26. The van der Waals surface area contributed by atoms with Crippen LogP contribution in [0.5, 0.6) is 0 Å². The first kappa shape index (κ1) is 13.2. The van der Waals surface area contributed by atoms with Gasteiger partial charge in [-0.05, 0) is 25.5 Å². The molecule has 0 spiro atoms. The van der Waals surface area contributed by atoms with Crippen LogP contribution in [0.15, 0.2) is 46.7 Å². The minimum Gasteiger partial charge on any atom is -0.342 e. The number of benzene rings is 1. The van der Waals surface area contributed by atoms with Gasteiger partial charge in [0.2, 0.25) is 0 Å². The maximum atomic E-state index is 12.1. The van der Waals surface area contributed by atoms with Gasteiger partial charge >= 0.3 is 0 Å². The van der Waals surface area contributed by atoms with Crippen molar-refractivity contribution in [3.8, 4) is 0 Å². The summed E-state index contributed by atoms with van der Waals surface area (Å²) < 4.78 is 0. The molecule has 94 valence electrons. The van der Waals surface area contributed by atoms with Crippen molar-refractivity contribution in [1.29, 1.82) is 0 Å². The van der Waals surface area contributed by atoms with Crippen molar-refractivity contribution in [2.24, 2.45) is 0 Å². The molecule has 0 aliphatic rings. The Morgan fingerprint density at radius 1 is 1.28 bits per heavy atom. The number of nitrogens with one attached hydrogen (secondary N) is 1. The van der Waals surface area contributed by atoms with Gasteiger partial charge < -0.3 is 5.32 Å². The minimum absolute atomic E-state index is 0.0610. The van der Waals surface area contributed by atoms with E-state index in [-0.39, 0.29) is 11.4 Å². The summed E-state index contributed by atoms with van der Waals surface area (Å²) in [5.74, 6) is -0.0610. The fraction of sp³-hybridized carbons (Fsp3) is 0.214. The first-order valence-corrected chi connectivity index (χ1v) is 6.97. The van der Waals surface area contributed by atoms with Crippen LogP contribution >= 0.6 is 24.0 Å². The number of carbonyl (C=O) groups excluding carboxylic acids is 1. The summed E-state index contributed by atoms with van der Waals surface area (Å²) >= 11 is 5.62. The number of rotatable bonds is 3. The molecule has 1 aromatic heterocycles. The maximum Gasteiger partial charge on any atom is 0.262 e. The molecule has 2 nitrogen and oxygen atoms in total. The SMILES string of the molecule is CC(C)(NC(=O)c1cc(S)cs1)c1ccccc1. The van der Waals surface area contributed by atoms with Crippen LogP contribution in [-0.2, 0) is 5.54 Å². The summed E-state index contributed by atoms with van der Waals surface area (Å²) in [7, 11) is 0. The maximum absolute atomic E-state index is 12.1. The Morgan fingerprint density at radius 2 is 1.94 bits per heavy atom. The van der Waals surface area contributed by atoms with E-state index >= 15 is 0 Å². The molecule has 1 aromatic carbocycles. The fourth-order valence-electron chi connectivity index (χ4n) is 1.72. The molecule has 18 heavy (non-hydrogen) atoms. The Hall–Kier alpha value is -1.26. The number of hydrogen-bond donors (Lipinski definition) is 2. The molecule has 1 amide bonds. The molecule has 0 aliphatic heterocycles.